The van der Waals surface area contributed by atoms with E-state index in [0.29, 0.717) is 0 Å². The van der Waals surface area contributed by atoms with Gasteiger partial charge in [0, 0.05) is 4.47 Å². The van der Waals surface area contributed by atoms with Gasteiger partial charge in [0.15, 0.2) is 11.5 Å². The van der Waals surface area contributed by atoms with Crippen molar-refractivity contribution in [3.05, 3.63) is 28.2 Å². The van der Waals surface area contributed by atoms with Crippen molar-refractivity contribution in [2.75, 3.05) is 13.4 Å². The van der Waals surface area contributed by atoms with Crippen LogP contribution in [0.5, 0.6) is 11.5 Å². The molecule has 0 fully saturated rings. The summed E-state index contributed by atoms with van der Waals surface area (Å²) in [5.74, 6) is 1.49. The van der Waals surface area contributed by atoms with Crippen LogP contribution >= 0.6 is 15.9 Å². The summed E-state index contributed by atoms with van der Waals surface area (Å²) >= 11 is 3.41. The first-order valence-corrected chi connectivity index (χ1v) is 4.97. The number of rotatable bonds is 2. The third-order valence-corrected chi connectivity index (χ3v) is 2.58. The lowest BCUT2D eigenvalue weighted by molar-refractivity contribution is 0.174. The first kappa shape index (κ1) is 9.55. The standard InChI is InChI=1S/C10H9BrO3/c11-8-5-10-9(13-6-14-10)4-7(8)2-1-3-12/h1-2,4-5,12H,3,6H2/b2-1+. The summed E-state index contributed by atoms with van der Waals surface area (Å²) in [6.07, 6.45) is 3.49. The van der Waals surface area contributed by atoms with Gasteiger partial charge >= 0.3 is 0 Å². The van der Waals surface area contributed by atoms with Gasteiger partial charge in [-0.2, -0.15) is 0 Å². The van der Waals surface area contributed by atoms with E-state index in [2.05, 4.69) is 15.9 Å². The molecule has 0 atom stereocenters. The number of aliphatic hydroxyl groups excluding tert-OH is 1. The Morgan fingerprint density at radius 1 is 1.36 bits per heavy atom. The maximum Gasteiger partial charge on any atom is 0.231 e. The van der Waals surface area contributed by atoms with Gasteiger partial charge in [-0.3, -0.25) is 0 Å². The van der Waals surface area contributed by atoms with E-state index < -0.39 is 0 Å². The maximum atomic E-state index is 8.65. The smallest absolute Gasteiger partial charge is 0.231 e. The van der Waals surface area contributed by atoms with Crippen molar-refractivity contribution in [1.29, 1.82) is 0 Å². The van der Waals surface area contributed by atoms with E-state index in [1.165, 1.54) is 0 Å². The van der Waals surface area contributed by atoms with E-state index in [9.17, 15) is 0 Å². The topological polar surface area (TPSA) is 38.7 Å². The van der Waals surface area contributed by atoms with Gasteiger partial charge in [-0.15, -0.1) is 0 Å². The first-order chi connectivity index (χ1) is 6.81. The monoisotopic (exact) mass is 256 g/mol. The zero-order valence-electron chi connectivity index (χ0n) is 7.37. The van der Waals surface area contributed by atoms with Crippen LogP contribution in [-0.2, 0) is 0 Å². The molecule has 0 saturated carbocycles. The first-order valence-electron chi connectivity index (χ1n) is 4.18. The minimum Gasteiger partial charge on any atom is -0.454 e. The third-order valence-electron chi connectivity index (χ3n) is 1.89. The molecular weight excluding hydrogens is 248 g/mol. The van der Waals surface area contributed by atoms with Crippen LogP contribution in [0.4, 0.5) is 0 Å². The molecular formula is C10H9BrO3. The molecule has 1 aromatic carbocycles. The SMILES string of the molecule is OC/C=C/c1cc2c(cc1Br)OCO2. The van der Waals surface area contributed by atoms with Crippen molar-refractivity contribution in [2.24, 2.45) is 0 Å². The number of ether oxygens (including phenoxy) is 2. The van der Waals surface area contributed by atoms with Crippen LogP contribution in [0.25, 0.3) is 6.08 Å². The van der Waals surface area contributed by atoms with Crippen LogP contribution in [-0.4, -0.2) is 18.5 Å². The molecule has 1 aromatic rings. The highest BCUT2D eigenvalue weighted by atomic mass is 79.9. The molecule has 0 spiro atoms. The average molecular weight is 257 g/mol. The molecule has 0 bridgehead atoms. The number of benzene rings is 1. The van der Waals surface area contributed by atoms with Crippen LogP contribution in [0.15, 0.2) is 22.7 Å². The molecule has 0 amide bonds. The molecule has 2 rings (SSSR count). The van der Waals surface area contributed by atoms with Crippen molar-refractivity contribution >= 4 is 22.0 Å². The van der Waals surface area contributed by atoms with Crippen molar-refractivity contribution in [2.45, 2.75) is 0 Å². The van der Waals surface area contributed by atoms with E-state index in [1.54, 1.807) is 6.08 Å². The second-order valence-corrected chi connectivity index (χ2v) is 3.67. The molecule has 0 saturated heterocycles. The molecule has 14 heavy (non-hydrogen) atoms. The number of halogens is 1. The zero-order valence-corrected chi connectivity index (χ0v) is 8.95. The Hall–Kier alpha value is -1.00. The lowest BCUT2D eigenvalue weighted by atomic mass is 10.2. The summed E-state index contributed by atoms with van der Waals surface area (Å²) in [6, 6.07) is 3.73. The predicted molar refractivity (Wildman–Crippen MR) is 56.4 cm³/mol. The summed E-state index contributed by atoms with van der Waals surface area (Å²) in [5, 5.41) is 8.65. The number of hydrogen-bond acceptors (Lipinski definition) is 3. The molecule has 0 radical (unpaired) electrons. The summed E-state index contributed by atoms with van der Waals surface area (Å²) in [6.45, 7) is 0.301. The second kappa shape index (κ2) is 4.02. The number of aliphatic hydroxyl groups is 1. The quantitative estimate of drug-likeness (QED) is 0.882. The molecule has 3 nitrogen and oxygen atoms in total. The largest absolute Gasteiger partial charge is 0.454 e. The molecule has 4 heteroatoms. The average Bonchev–Trinajstić information content (AvgIpc) is 2.61. The minimum atomic E-state index is 0.0287. The van der Waals surface area contributed by atoms with Gasteiger partial charge in [-0.05, 0) is 17.7 Å². The van der Waals surface area contributed by atoms with Crippen LogP contribution < -0.4 is 9.47 Å². The molecule has 1 N–H and O–H groups in total. The van der Waals surface area contributed by atoms with Crippen molar-refractivity contribution in [1.82, 2.24) is 0 Å². The minimum absolute atomic E-state index is 0.0287. The third kappa shape index (κ3) is 1.76. The fourth-order valence-electron chi connectivity index (χ4n) is 1.24. The molecule has 0 aliphatic carbocycles. The summed E-state index contributed by atoms with van der Waals surface area (Å²) in [7, 11) is 0. The molecule has 0 unspecified atom stereocenters. The van der Waals surface area contributed by atoms with Gasteiger partial charge in [0.2, 0.25) is 6.79 Å². The summed E-state index contributed by atoms with van der Waals surface area (Å²) in [5.41, 5.74) is 0.961. The number of hydrogen-bond donors (Lipinski definition) is 1. The fraction of sp³-hybridized carbons (Fsp3) is 0.200. The van der Waals surface area contributed by atoms with E-state index in [-0.39, 0.29) is 13.4 Å². The Kier molecular flexibility index (Phi) is 2.74. The normalized spacial score (nSPS) is 13.9. The highest BCUT2D eigenvalue weighted by Crippen LogP contribution is 2.37. The van der Waals surface area contributed by atoms with Crippen LogP contribution in [0.1, 0.15) is 5.56 Å². The lowest BCUT2D eigenvalue weighted by Crippen LogP contribution is -1.92. The van der Waals surface area contributed by atoms with E-state index in [0.717, 1.165) is 21.5 Å². The van der Waals surface area contributed by atoms with Crippen LogP contribution in [0.3, 0.4) is 0 Å². The molecule has 74 valence electrons. The predicted octanol–water partition coefficient (Wildman–Crippen LogP) is 2.18. The van der Waals surface area contributed by atoms with E-state index in [4.69, 9.17) is 14.6 Å². The van der Waals surface area contributed by atoms with Gasteiger partial charge in [0.1, 0.15) is 0 Å². The van der Waals surface area contributed by atoms with Gasteiger partial charge in [-0.1, -0.05) is 28.1 Å². The van der Waals surface area contributed by atoms with Crippen molar-refractivity contribution in [3.8, 4) is 11.5 Å². The lowest BCUT2D eigenvalue weighted by Gasteiger charge is -2.01. The molecule has 1 heterocycles. The van der Waals surface area contributed by atoms with Gasteiger partial charge in [-0.25, -0.2) is 0 Å². The Morgan fingerprint density at radius 3 is 2.79 bits per heavy atom. The Bertz CT molecular complexity index is 374. The Morgan fingerprint density at radius 2 is 2.07 bits per heavy atom. The maximum absolute atomic E-state index is 8.65. The fourth-order valence-corrected chi connectivity index (χ4v) is 1.69. The van der Waals surface area contributed by atoms with Crippen molar-refractivity contribution in [3.63, 3.8) is 0 Å². The highest BCUT2D eigenvalue weighted by molar-refractivity contribution is 9.10. The van der Waals surface area contributed by atoms with E-state index >= 15 is 0 Å². The van der Waals surface area contributed by atoms with Crippen LogP contribution in [0, 0.1) is 0 Å². The summed E-state index contributed by atoms with van der Waals surface area (Å²) in [4.78, 5) is 0. The van der Waals surface area contributed by atoms with E-state index in [1.807, 2.05) is 18.2 Å². The Labute approximate surface area is 90.1 Å². The van der Waals surface area contributed by atoms with Gasteiger partial charge in [0.25, 0.3) is 0 Å². The highest BCUT2D eigenvalue weighted by Gasteiger charge is 2.14. The molecule has 1 aliphatic rings. The van der Waals surface area contributed by atoms with Gasteiger partial charge in [0.05, 0.1) is 6.61 Å². The zero-order chi connectivity index (χ0) is 9.97. The second-order valence-electron chi connectivity index (χ2n) is 2.81. The van der Waals surface area contributed by atoms with Crippen LogP contribution in [0.2, 0.25) is 0 Å². The van der Waals surface area contributed by atoms with Crippen molar-refractivity contribution < 1.29 is 14.6 Å². The Balaban J connectivity index is 2.37. The molecule has 1 aliphatic heterocycles. The van der Waals surface area contributed by atoms with Gasteiger partial charge < -0.3 is 14.6 Å². The number of fused-ring (bicyclic) bond motifs is 1. The summed E-state index contributed by atoms with van der Waals surface area (Å²) < 4.78 is 11.4. The molecule has 0 aromatic heterocycles.